The molecule has 0 unspecified atom stereocenters. The Kier molecular flexibility index (Phi) is 2.04. The Balaban J connectivity index is 2.45. The first kappa shape index (κ1) is 8.87. The molecule has 2 rings (SSSR count). The van der Waals surface area contributed by atoms with Crippen molar-refractivity contribution in [2.24, 2.45) is 0 Å². The summed E-state index contributed by atoms with van der Waals surface area (Å²) in [6, 6.07) is 5.57. The largest absolute Gasteiger partial charge is 0.399 e. The van der Waals surface area contributed by atoms with E-state index in [0.29, 0.717) is 12.2 Å². The van der Waals surface area contributed by atoms with Crippen LogP contribution in [0.25, 0.3) is 0 Å². The smallest absolute Gasteiger partial charge is 0.243 e. The minimum absolute atomic E-state index is 0.0185. The number of nitrogens with zero attached hydrogens (tertiary/aromatic N) is 1. The van der Waals surface area contributed by atoms with Crippen LogP contribution < -0.4 is 16.0 Å². The monoisotopic (exact) mass is 191 g/mol. The average molecular weight is 191 g/mol. The number of fused-ring (bicyclic) bond motifs is 1. The van der Waals surface area contributed by atoms with Gasteiger partial charge in [-0.2, -0.15) is 0 Å². The van der Waals surface area contributed by atoms with Gasteiger partial charge in [0.2, 0.25) is 5.91 Å². The first-order valence-corrected chi connectivity index (χ1v) is 4.65. The standard InChI is InChI=1S/C10H13N3O/c1-2-13-6-10(14)12-8-5-7(11)3-4-9(8)13/h3-5H,2,6,11H2,1H3,(H,12,14). The molecule has 4 nitrogen and oxygen atoms in total. The van der Waals surface area contributed by atoms with Gasteiger partial charge in [0, 0.05) is 12.2 Å². The third-order valence-electron chi connectivity index (χ3n) is 2.35. The Bertz CT molecular complexity index is 376. The van der Waals surface area contributed by atoms with Crippen molar-refractivity contribution in [1.82, 2.24) is 0 Å². The van der Waals surface area contributed by atoms with E-state index >= 15 is 0 Å². The van der Waals surface area contributed by atoms with E-state index in [1.54, 1.807) is 6.07 Å². The van der Waals surface area contributed by atoms with E-state index in [-0.39, 0.29) is 5.91 Å². The molecule has 1 heterocycles. The van der Waals surface area contributed by atoms with E-state index in [1.807, 2.05) is 24.0 Å². The first-order valence-electron chi connectivity index (χ1n) is 4.65. The van der Waals surface area contributed by atoms with Crippen molar-refractivity contribution in [3.05, 3.63) is 18.2 Å². The molecule has 0 atom stereocenters. The second-order valence-electron chi connectivity index (χ2n) is 3.34. The third-order valence-corrected chi connectivity index (χ3v) is 2.35. The summed E-state index contributed by atoms with van der Waals surface area (Å²) >= 11 is 0. The Morgan fingerprint density at radius 2 is 2.36 bits per heavy atom. The molecule has 1 aromatic carbocycles. The summed E-state index contributed by atoms with van der Waals surface area (Å²) < 4.78 is 0. The van der Waals surface area contributed by atoms with Crippen LogP contribution in [-0.2, 0) is 4.79 Å². The van der Waals surface area contributed by atoms with Gasteiger partial charge >= 0.3 is 0 Å². The molecule has 0 saturated heterocycles. The molecule has 4 heteroatoms. The fourth-order valence-electron chi connectivity index (χ4n) is 1.66. The van der Waals surface area contributed by atoms with Crippen LogP contribution in [0.15, 0.2) is 18.2 Å². The molecule has 0 radical (unpaired) electrons. The van der Waals surface area contributed by atoms with Gasteiger partial charge in [-0.1, -0.05) is 0 Å². The lowest BCUT2D eigenvalue weighted by Crippen LogP contribution is -2.37. The topological polar surface area (TPSA) is 58.4 Å². The molecular formula is C10H13N3O. The summed E-state index contributed by atoms with van der Waals surface area (Å²) in [6.07, 6.45) is 0. The maximum Gasteiger partial charge on any atom is 0.243 e. The van der Waals surface area contributed by atoms with Gasteiger partial charge in [-0.25, -0.2) is 0 Å². The molecule has 1 aromatic rings. The predicted molar refractivity (Wildman–Crippen MR) is 57.4 cm³/mol. The Labute approximate surface area is 82.7 Å². The Morgan fingerprint density at radius 3 is 3.07 bits per heavy atom. The van der Waals surface area contributed by atoms with E-state index in [1.165, 1.54) is 0 Å². The van der Waals surface area contributed by atoms with Gasteiger partial charge < -0.3 is 16.0 Å². The fraction of sp³-hybridized carbons (Fsp3) is 0.300. The summed E-state index contributed by atoms with van der Waals surface area (Å²) in [5.74, 6) is 0.0185. The third kappa shape index (κ3) is 1.39. The highest BCUT2D eigenvalue weighted by Gasteiger charge is 2.20. The molecular weight excluding hydrogens is 178 g/mol. The molecule has 0 aromatic heterocycles. The van der Waals surface area contributed by atoms with Gasteiger partial charge in [-0.15, -0.1) is 0 Å². The lowest BCUT2D eigenvalue weighted by atomic mass is 10.2. The van der Waals surface area contributed by atoms with Crippen LogP contribution in [0.4, 0.5) is 17.1 Å². The van der Waals surface area contributed by atoms with Crippen LogP contribution in [-0.4, -0.2) is 19.0 Å². The quantitative estimate of drug-likeness (QED) is 0.652. The highest BCUT2D eigenvalue weighted by molar-refractivity contribution is 6.01. The summed E-state index contributed by atoms with van der Waals surface area (Å²) in [5.41, 5.74) is 8.16. The molecule has 0 spiro atoms. The van der Waals surface area contributed by atoms with Crippen molar-refractivity contribution in [3.63, 3.8) is 0 Å². The number of anilines is 3. The van der Waals surface area contributed by atoms with Crippen molar-refractivity contribution < 1.29 is 4.79 Å². The molecule has 0 bridgehead atoms. The van der Waals surface area contributed by atoms with Crippen LogP contribution in [0, 0.1) is 0 Å². The summed E-state index contributed by atoms with van der Waals surface area (Å²) in [5, 5.41) is 2.80. The molecule has 1 aliphatic heterocycles. The molecule has 3 N–H and O–H groups in total. The van der Waals surface area contributed by atoms with E-state index in [2.05, 4.69) is 5.32 Å². The van der Waals surface area contributed by atoms with Crippen LogP contribution in [0.1, 0.15) is 6.92 Å². The van der Waals surface area contributed by atoms with E-state index in [9.17, 15) is 4.79 Å². The zero-order valence-electron chi connectivity index (χ0n) is 8.08. The van der Waals surface area contributed by atoms with Gasteiger partial charge in [0.25, 0.3) is 0 Å². The van der Waals surface area contributed by atoms with Crippen molar-refractivity contribution >= 4 is 23.0 Å². The molecule has 0 saturated carbocycles. The number of nitrogens with one attached hydrogen (secondary N) is 1. The molecule has 14 heavy (non-hydrogen) atoms. The number of amides is 1. The maximum absolute atomic E-state index is 11.3. The van der Waals surface area contributed by atoms with Crippen molar-refractivity contribution in [1.29, 1.82) is 0 Å². The zero-order chi connectivity index (χ0) is 10.1. The number of rotatable bonds is 1. The first-order chi connectivity index (χ1) is 6.70. The number of nitrogen functional groups attached to an aromatic ring is 1. The van der Waals surface area contributed by atoms with E-state index in [0.717, 1.165) is 17.9 Å². The average Bonchev–Trinajstić information content (AvgIpc) is 2.15. The van der Waals surface area contributed by atoms with Crippen molar-refractivity contribution in [3.8, 4) is 0 Å². The number of hydrogen-bond acceptors (Lipinski definition) is 3. The van der Waals surface area contributed by atoms with Crippen LogP contribution in [0.2, 0.25) is 0 Å². The summed E-state index contributed by atoms with van der Waals surface area (Å²) in [4.78, 5) is 13.3. The predicted octanol–water partition coefficient (Wildman–Crippen LogP) is 1.05. The SMILES string of the molecule is CCN1CC(=O)Nc2cc(N)ccc21. The van der Waals surface area contributed by atoms with E-state index in [4.69, 9.17) is 5.73 Å². The molecule has 0 aliphatic carbocycles. The summed E-state index contributed by atoms with van der Waals surface area (Å²) in [7, 11) is 0. The number of likely N-dealkylation sites (N-methyl/N-ethyl adjacent to an activating group) is 1. The second kappa shape index (κ2) is 3.21. The number of nitrogens with two attached hydrogens (primary N) is 1. The minimum atomic E-state index is 0.0185. The van der Waals surface area contributed by atoms with Gasteiger partial charge in [-0.05, 0) is 25.1 Å². The van der Waals surface area contributed by atoms with Crippen molar-refractivity contribution in [2.45, 2.75) is 6.92 Å². The van der Waals surface area contributed by atoms with Gasteiger partial charge in [0.15, 0.2) is 0 Å². The highest BCUT2D eigenvalue weighted by atomic mass is 16.2. The lowest BCUT2D eigenvalue weighted by molar-refractivity contribution is -0.115. The highest BCUT2D eigenvalue weighted by Crippen LogP contribution is 2.30. The zero-order valence-corrected chi connectivity index (χ0v) is 8.08. The molecule has 1 amide bonds. The molecule has 1 aliphatic rings. The van der Waals surface area contributed by atoms with Crippen LogP contribution in [0.3, 0.4) is 0 Å². The number of benzene rings is 1. The maximum atomic E-state index is 11.3. The second-order valence-corrected chi connectivity index (χ2v) is 3.34. The minimum Gasteiger partial charge on any atom is -0.399 e. The normalized spacial score (nSPS) is 14.9. The van der Waals surface area contributed by atoms with Crippen molar-refractivity contribution in [2.75, 3.05) is 29.0 Å². The number of carbonyl (C=O) groups is 1. The lowest BCUT2D eigenvalue weighted by Gasteiger charge is -2.29. The fourth-order valence-corrected chi connectivity index (χ4v) is 1.66. The number of carbonyl (C=O) groups excluding carboxylic acids is 1. The Morgan fingerprint density at radius 1 is 1.57 bits per heavy atom. The van der Waals surface area contributed by atoms with Crippen LogP contribution in [0.5, 0.6) is 0 Å². The molecule has 74 valence electrons. The van der Waals surface area contributed by atoms with Gasteiger partial charge in [-0.3, -0.25) is 4.79 Å². The van der Waals surface area contributed by atoms with Gasteiger partial charge in [0.1, 0.15) is 0 Å². The summed E-state index contributed by atoms with van der Waals surface area (Å²) in [6.45, 7) is 3.27. The Hall–Kier alpha value is -1.71. The van der Waals surface area contributed by atoms with Crippen LogP contribution >= 0.6 is 0 Å². The number of hydrogen-bond donors (Lipinski definition) is 2. The van der Waals surface area contributed by atoms with E-state index < -0.39 is 0 Å². The van der Waals surface area contributed by atoms with Gasteiger partial charge in [0.05, 0.1) is 17.9 Å². The molecule has 0 fully saturated rings.